The minimum atomic E-state index is -1.41. The van der Waals surface area contributed by atoms with Crippen LogP contribution in [0.15, 0.2) is 36.4 Å². The number of pyridine rings is 1. The smallest absolute Gasteiger partial charge is 0.305 e. The summed E-state index contributed by atoms with van der Waals surface area (Å²) in [6.45, 7) is 6.90. The van der Waals surface area contributed by atoms with Gasteiger partial charge in [-0.2, -0.15) is 0 Å². The average Bonchev–Trinajstić information content (AvgIpc) is 3.31. The van der Waals surface area contributed by atoms with E-state index in [2.05, 4.69) is 41.7 Å². The van der Waals surface area contributed by atoms with Crippen LogP contribution < -0.4 is 16.0 Å². The molecule has 2 aromatic rings. The number of hydrogen-bond acceptors (Lipinski definition) is 6. The summed E-state index contributed by atoms with van der Waals surface area (Å²) in [5, 5.41) is 17.2. The van der Waals surface area contributed by atoms with Crippen molar-refractivity contribution in [3.8, 4) is 0 Å². The highest BCUT2D eigenvalue weighted by atomic mass is 16.4. The maximum absolute atomic E-state index is 12.6. The average molecular weight is 526 g/mol. The first-order valence-corrected chi connectivity index (χ1v) is 12.6. The van der Waals surface area contributed by atoms with Crippen LogP contribution in [0.5, 0.6) is 0 Å². The van der Waals surface area contributed by atoms with Gasteiger partial charge in [0.15, 0.2) is 0 Å². The molecule has 1 aromatic heterocycles. The number of amides is 4. The van der Waals surface area contributed by atoms with Crippen molar-refractivity contribution in [2.75, 3.05) is 26.2 Å². The fourth-order valence-electron chi connectivity index (χ4n) is 4.56. The van der Waals surface area contributed by atoms with E-state index >= 15 is 0 Å². The summed E-state index contributed by atoms with van der Waals surface area (Å²) in [5.74, 6) is -3.30. The lowest BCUT2D eigenvalue weighted by atomic mass is 9.84. The molecule has 1 saturated heterocycles. The van der Waals surface area contributed by atoms with Gasteiger partial charge < -0.3 is 26.0 Å². The molecule has 11 nitrogen and oxygen atoms in total. The molecule has 38 heavy (non-hydrogen) atoms. The van der Waals surface area contributed by atoms with Crippen molar-refractivity contribution < 1.29 is 29.1 Å². The van der Waals surface area contributed by atoms with E-state index in [-0.39, 0.29) is 23.6 Å². The lowest BCUT2D eigenvalue weighted by Gasteiger charge is -2.23. The Morgan fingerprint density at radius 2 is 1.79 bits per heavy atom. The Morgan fingerprint density at radius 3 is 2.50 bits per heavy atom. The second-order valence-corrected chi connectivity index (χ2v) is 10.8. The largest absolute Gasteiger partial charge is 0.481 e. The molecule has 204 valence electrons. The molecule has 2 heterocycles. The van der Waals surface area contributed by atoms with Crippen LogP contribution in [0.2, 0.25) is 0 Å². The van der Waals surface area contributed by atoms with Gasteiger partial charge in [0.25, 0.3) is 5.91 Å². The molecule has 4 amide bonds. The topological polar surface area (TPSA) is 158 Å². The second-order valence-electron chi connectivity index (χ2n) is 10.8. The van der Waals surface area contributed by atoms with Gasteiger partial charge in [-0.3, -0.25) is 24.0 Å². The summed E-state index contributed by atoms with van der Waals surface area (Å²) in [6, 6.07) is 9.11. The summed E-state index contributed by atoms with van der Waals surface area (Å²) in [4.78, 5) is 67.2. The summed E-state index contributed by atoms with van der Waals surface area (Å²) in [7, 11) is 0. The zero-order valence-electron chi connectivity index (χ0n) is 22.0. The van der Waals surface area contributed by atoms with Crippen molar-refractivity contribution in [1.29, 1.82) is 0 Å². The molecule has 11 heteroatoms. The van der Waals surface area contributed by atoms with Crippen molar-refractivity contribution in [2.24, 2.45) is 11.3 Å². The van der Waals surface area contributed by atoms with Crippen molar-refractivity contribution in [3.05, 3.63) is 42.1 Å². The van der Waals surface area contributed by atoms with E-state index in [9.17, 15) is 29.1 Å². The third-order valence-electron chi connectivity index (χ3n) is 6.22. The highest BCUT2D eigenvalue weighted by Gasteiger charge is 2.30. The molecular weight excluding hydrogens is 490 g/mol. The van der Waals surface area contributed by atoms with Gasteiger partial charge in [0.1, 0.15) is 11.7 Å². The third-order valence-corrected chi connectivity index (χ3v) is 6.22. The van der Waals surface area contributed by atoms with Gasteiger partial charge in [-0.15, -0.1) is 0 Å². The number of para-hydroxylation sites is 1. The molecule has 0 aliphatic carbocycles. The summed E-state index contributed by atoms with van der Waals surface area (Å²) in [6.07, 6.45) is 1.21. The van der Waals surface area contributed by atoms with E-state index in [0.29, 0.717) is 24.5 Å². The van der Waals surface area contributed by atoms with Crippen LogP contribution in [0.3, 0.4) is 0 Å². The Hall–Kier alpha value is -4.02. The molecule has 0 spiro atoms. The number of fused-ring (bicyclic) bond motifs is 1. The molecule has 0 bridgehead atoms. The van der Waals surface area contributed by atoms with E-state index in [0.717, 1.165) is 18.2 Å². The molecular formula is C27H35N5O6. The molecule has 4 N–H and O–H groups in total. The number of aliphatic carboxylic acids is 1. The van der Waals surface area contributed by atoms with Gasteiger partial charge in [-0.05, 0) is 36.3 Å². The zero-order valence-corrected chi connectivity index (χ0v) is 22.0. The number of likely N-dealkylation sites (tertiary alicyclic amines) is 1. The Morgan fingerprint density at radius 1 is 1.05 bits per heavy atom. The number of carboxylic acids is 1. The van der Waals surface area contributed by atoms with Crippen molar-refractivity contribution in [2.45, 2.75) is 46.1 Å². The molecule has 1 aliphatic rings. The predicted octanol–water partition coefficient (Wildman–Crippen LogP) is 1.33. The summed E-state index contributed by atoms with van der Waals surface area (Å²) < 4.78 is 0. The number of nitrogens with zero attached hydrogens (tertiary/aromatic N) is 2. The van der Waals surface area contributed by atoms with Crippen LogP contribution in [0, 0.1) is 11.3 Å². The van der Waals surface area contributed by atoms with E-state index in [1.165, 1.54) is 6.07 Å². The number of rotatable bonds is 10. The maximum Gasteiger partial charge on any atom is 0.305 e. The first-order chi connectivity index (χ1) is 17.9. The minimum absolute atomic E-state index is 0.112. The normalized spacial score (nSPS) is 16.1. The Kier molecular flexibility index (Phi) is 9.38. The van der Waals surface area contributed by atoms with Crippen molar-refractivity contribution in [3.63, 3.8) is 0 Å². The van der Waals surface area contributed by atoms with Gasteiger partial charge in [0.05, 0.1) is 25.0 Å². The molecule has 0 saturated carbocycles. The van der Waals surface area contributed by atoms with Crippen LogP contribution in [-0.4, -0.2) is 76.8 Å². The van der Waals surface area contributed by atoms with E-state index in [4.69, 9.17) is 0 Å². The van der Waals surface area contributed by atoms with Crippen LogP contribution in [0.1, 0.15) is 50.5 Å². The number of carbonyl (C=O) groups is 5. The number of carboxylic acid groups (broad SMARTS) is 1. The first kappa shape index (κ1) is 28.5. The summed E-state index contributed by atoms with van der Waals surface area (Å²) >= 11 is 0. The molecule has 0 unspecified atom stereocenters. The molecule has 0 radical (unpaired) electrons. The van der Waals surface area contributed by atoms with Crippen LogP contribution in [0.4, 0.5) is 0 Å². The van der Waals surface area contributed by atoms with Gasteiger partial charge in [0, 0.05) is 18.5 Å². The van der Waals surface area contributed by atoms with E-state index < -0.39 is 42.7 Å². The van der Waals surface area contributed by atoms with Crippen LogP contribution in [0.25, 0.3) is 10.9 Å². The van der Waals surface area contributed by atoms with E-state index in [1.54, 1.807) is 23.1 Å². The number of hydrogen-bond donors (Lipinski definition) is 4. The third kappa shape index (κ3) is 8.53. The SMILES string of the molecule is CC(C)(C)C[C@H]1CCN(C(=O)CNC(=O)[C@H](CC(=O)O)NC(=O)CNC(=O)c2ccc3ccccc3n2)C1. The fraction of sp³-hybridized carbons (Fsp3) is 0.481. The second kappa shape index (κ2) is 12.5. The molecule has 1 aromatic carbocycles. The molecule has 2 atom stereocenters. The molecule has 3 rings (SSSR count). The van der Waals surface area contributed by atoms with Crippen molar-refractivity contribution in [1.82, 2.24) is 25.8 Å². The number of aromatic nitrogens is 1. The number of carbonyl (C=O) groups excluding carboxylic acids is 4. The highest BCUT2D eigenvalue weighted by Crippen LogP contribution is 2.30. The first-order valence-electron chi connectivity index (χ1n) is 12.6. The lowest BCUT2D eigenvalue weighted by molar-refractivity contribution is -0.140. The zero-order chi connectivity index (χ0) is 27.9. The van der Waals surface area contributed by atoms with Gasteiger partial charge in [-0.25, -0.2) is 4.98 Å². The number of benzene rings is 1. The Balaban J connectivity index is 1.48. The molecule has 1 fully saturated rings. The number of nitrogens with one attached hydrogen (secondary N) is 3. The molecule has 1 aliphatic heterocycles. The van der Waals surface area contributed by atoms with Crippen LogP contribution >= 0.6 is 0 Å². The van der Waals surface area contributed by atoms with Crippen LogP contribution in [-0.2, 0) is 19.2 Å². The highest BCUT2D eigenvalue weighted by molar-refractivity contribution is 5.98. The summed E-state index contributed by atoms with van der Waals surface area (Å²) in [5.41, 5.74) is 0.892. The minimum Gasteiger partial charge on any atom is -0.481 e. The van der Waals surface area contributed by atoms with Gasteiger partial charge >= 0.3 is 5.97 Å². The lowest BCUT2D eigenvalue weighted by Crippen LogP contribution is -2.52. The van der Waals surface area contributed by atoms with Gasteiger partial charge in [0.2, 0.25) is 17.7 Å². The predicted molar refractivity (Wildman–Crippen MR) is 140 cm³/mol. The van der Waals surface area contributed by atoms with E-state index in [1.807, 2.05) is 12.1 Å². The van der Waals surface area contributed by atoms with Gasteiger partial charge in [-0.1, -0.05) is 45.0 Å². The van der Waals surface area contributed by atoms with Crippen molar-refractivity contribution >= 4 is 40.5 Å². The monoisotopic (exact) mass is 525 g/mol. The Labute approximate surface area is 221 Å². The Bertz CT molecular complexity index is 1210. The quantitative estimate of drug-likeness (QED) is 0.364. The maximum atomic E-state index is 12.6. The fourth-order valence-corrected chi connectivity index (χ4v) is 4.56. The standard InChI is InChI=1S/C27H35N5O6/c1-27(2,3)13-17-10-11-32(16-17)23(34)15-29-26(38)21(12-24(35)36)31-22(33)14-28-25(37)20-9-8-18-6-4-5-7-19(18)30-20/h4-9,17,21H,10-16H2,1-3H3,(H,28,37)(H,29,38)(H,31,33)(H,35,36)/t17-,21+/m1/s1.